The molecule has 3 rings (SSSR count). The van der Waals surface area contributed by atoms with Crippen LogP contribution in [-0.2, 0) is 11.2 Å². The molecule has 0 spiro atoms. The summed E-state index contributed by atoms with van der Waals surface area (Å²) in [5.74, 6) is 0. The van der Waals surface area contributed by atoms with Crippen molar-refractivity contribution in [3.63, 3.8) is 0 Å². The Balaban J connectivity index is 1.85. The van der Waals surface area contributed by atoms with E-state index in [0.29, 0.717) is 16.5 Å². The second-order valence-corrected chi connectivity index (χ2v) is 6.10. The molecular weight excluding hydrogens is 305 g/mol. The van der Waals surface area contributed by atoms with Crippen molar-refractivity contribution in [3.8, 4) is 0 Å². The maximum atomic E-state index is 6.34. The van der Waals surface area contributed by atoms with E-state index < -0.39 is 0 Å². The summed E-state index contributed by atoms with van der Waals surface area (Å²) in [5.41, 5.74) is 9.70. The number of halogens is 2. The molecule has 0 saturated carbocycles. The highest BCUT2D eigenvalue weighted by Crippen LogP contribution is 2.37. The Labute approximate surface area is 134 Å². The van der Waals surface area contributed by atoms with Gasteiger partial charge in [-0.1, -0.05) is 53.5 Å². The number of hydrogen-bond donors (Lipinski definition) is 1. The second kappa shape index (κ2) is 6.37. The van der Waals surface area contributed by atoms with Gasteiger partial charge in [0.05, 0.1) is 12.7 Å². The molecule has 0 amide bonds. The van der Waals surface area contributed by atoms with Crippen LogP contribution in [0.25, 0.3) is 0 Å². The summed E-state index contributed by atoms with van der Waals surface area (Å²) in [4.78, 5) is 0. The van der Waals surface area contributed by atoms with Crippen LogP contribution in [0.3, 0.4) is 0 Å². The van der Waals surface area contributed by atoms with Gasteiger partial charge in [-0.25, -0.2) is 0 Å². The first-order chi connectivity index (χ1) is 10.2. The van der Waals surface area contributed by atoms with Gasteiger partial charge in [0.25, 0.3) is 0 Å². The first kappa shape index (κ1) is 14.9. The highest BCUT2D eigenvalue weighted by molar-refractivity contribution is 6.36. The van der Waals surface area contributed by atoms with Gasteiger partial charge in [0.2, 0.25) is 0 Å². The lowest BCUT2D eigenvalue weighted by molar-refractivity contribution is 0.0320. The van der Waals surface area contributed by atoms with E-state index in [-0.39, 0.29) is 12.1 Å². The molecule has 0 bridgehead atoms. The van der Waals surface area contributed by atoms with E-state index >= 15 is 0 Å². The highest BCUT2D eigenvalue weighted by atomic mass is 35.5. The van der Waals surface area contributed by atoms with Crippen LogP contribution < -0.4 is 5.73 Å². The highest BCUT2D eigenvalue weighted by Gasteiger charge is 2.25. The predicted molar refractivity (Wildman–Crippen MR) is 86.8 cm³/mol. The van der Waals surface area contributed by atoms with Gasteiger partial charge in [0.15, 0.2) is 0 Å². The Hall–Kier alpha value is -1.06. The maximum Gasteiger partial charge on any atom is 0.0845 e. The lowest BCUT2D eigenvalue weighted by Gasteiger charge is -2.28. The van der Waals surface area contributed by atoms with Crippen LogP contribution >= 0.6 is 23.2 Å². The monoisotopic (exact) mass is 321 g/mol. The summed E-state index contributed by atoms with van der Waals surface area (Å²) >= 11 is 12.5. The molecule has 110 valence electrons. The number of benzene rings is 2. The van der Waals surface area contributed by atoms with Crippen LogP contribution in [0.1, 0.15) is 35.3 Å². The fourth-order valence-electron chi connectivity index (χ4n) is 2.89. The van der Waals surface area contributed by atoms with Crippen molar-refractivity contribution < 1.29 is 4.74 Å². The second-order valence-electron chi connectivity index (χ2n) is 5.29. The molecule has 0 fully saturated rings. The van der Waals surface area contributed by atoms with Gasteiger partial charge < -0.3 is 10.5 Å². The topological polar surface area (TPSA) is 35.2 Å². The standard InChI is InChI=1S/C17H17Cl2NO/c18-13-6-3-7-14(19)17(13)15(20)10-16-12-5-2-1-4-11(12)8-9-21-16/h1-7,15-16H,8-10,20H2. The van der Waals surface area contributed by atoms with Crippen molar-refractivity contribution in [3.05, 3.63) is 69.2 Å². The van der Waals surface area contributed by atoms with Gasteiger partial charge in [0.1, 0.15) is 0 Å². The fraction of sp³-hybridized carbons (Fsp3) is 0.294. The van der Waals surface area contributed by atoms with Gasteiger partial charge in [-0.05, 0) is 36.1 Å². The predicted octanol–water partition coefficient (Wildman–Crippen LogP) is 4.70. The Morgan fingerprint density at radius 3 is 2.57 bits per heavy atom. The fourth-order valence-corrected chi connectivity index (χ4v) is 3.56. The Bertz CT molecular complexity index is 624. The minimum atomic E-state index is -0.248. The van der Waals surface area contributed by atoms with Crippen LogP contribution in [0.5, 0.6) is 0 Å². The van der Waals surface area contributed by atoms with Gasteiger partial charge in [-0.3, -0.25) is 0 Å². The molecule has 2 aromatic carbocycles. The number of nitrogens with two attached hydrogens (primary N) is 1. The molecule has 1 aliphatic heterocycles. The maximum absolute atomic E-state index is 6.34. The van der Waals surface area contributed by atoms with Crippen molar-refractivity contribution >= 4 is 23.2 Å². The van der Waals surface area contributed by atoms with E-state index in [2.05, 4.69) is 18.2 Å². The summed E-state index contributed by atoms with van der Waals surface area (Å²) in [6, 6.07) is 13.6. The van der Waals surface area contributed by atoms with Crippen molar-refractivity contribution in [2.45, 2.75) is 25.0 Å². The lowest BCUT2D eigenvalue weighted by Crippen LogP contribution is -2.22. The van der Waals surface area contributed by atoms with E-state index in [4.69, 9.17) is 33.7 Å². The number of ether oxygens (including phenoxy) is 1. The molecule has 2 nitrogen and oxygen atoms in total. The summed E-state index contributed by atoms with van der Waals surface area (Å²) in [7, 11) is 0. The van der Waals surface area contributed by atoms with Crippen molar-refractivity contribution in [2.75, 3.05) is 6.61 Å². The minimum absolute atomic E-state index is 0.00251. The quantitative estimate of drug-likeness (QED) is 0.889. The molecule has 0 radical (unpaired) electrons. The summed E-state index contributed by atoms with van der Waals surface area (Å²) in [6.07, 6.45) is 1.62. The number of hydrogen-bond acceptors (Lipinski definition) is 2. The van der Waals surface area contributed by atoms with Crippen LogP contribution in [-0.4, -0.2) is 6.61 Å². The average molecular weight is 322 g/mol. The summed E-state index contributed by atoms with van der Waals surface area (Å²) < 4.78 is 5.91. The molecular formula is C17H17Cl2NO. The lowest BCUT2D eigenvalue weighted by atomic mass is 9.91. The van der Waals surface area contributed by atoms with E-state index in [1.807, 2.05) is 24.3 Å². The van der Waals surface area contributed by atoms with E-state index in [9.17, 15) is 0 Å². The first-order valence-corrected chi connectivity index (χ1v) is 7.81. The van der Waals surface area contributed by atoms with E-state index in [1.165, 1.54) is 11.1 Å². The molecule has 2 aromatic rings. The molecule has 1 aliphatic rings. The largest absolute Gasteiger partial charge is 0.373 e. The SMILES string of the molecule is NC(CC1OCCc2ccccc21)c1c(Cl)cccc1Cl. The van der Waals surface area contributed by atoms with Crippen LogP contribution in [0.15, 0.2) is 42.5 Å². The first-order valence-electron chi connectivity index (χ1n) is 7.05. The zero-order chi connectivity index (χ0) is 14.8. The summed E-state index contributed by atoms with van der Waals surface area (Å²) in [6.45, 7) is 0.727. The molecule has 1 heterocycles. The molecule has 0 aliphatic carbocycles. The van der Waals surface area contributed by atoms with E-state index in [0.717, 1.165) is 18.6 Å². The smallest absolute Gasteiger partial charge is 0.0845 e. The molecule has 2 unspecified atom stereocenters. The third-order valence-corrected chi connectivity index (χ3v) is 4.59. The number of rotatable bonds is 3. The molecule has 2 N–H and O–H groups in total. The summed E-state index contributed by atoms with van der Waals surface area (Å²) in [5, 5.41) is 1.22. The Morgan fingerprint density at radius 2 is 1.81 bits per heavy atom. The zero-order valence-corrected chi connectivity index (χ0v) is 13.1. The van der Waals surface area contributed by atoms with Gasteiger partial charge in [-0.15, -0.1) is 0 Å². The van der Waals surface area contributed by atoms with E-state index in [1.54, 1.807) is 0 Å². The average Bonchev–Trinajstić information content (AvgIpc) is 2.47. The molecule has 21 heavy (non-hydrogen) atoms. The third kappa shape index (κ3) is 3.09. The molecule has 4 heteroatoms. The van der Waals surface area contributed by atoms with Crippen LogP contribution in [0.4, 0.5) is 0 Å². The van der Waals surface area contributed by atoms with Crippen molar-refractivity contribution in [1.29, 1.82) is 0 Å². The van der Waals surface area contributed by atoms with Gasteiger partial charge >= 0.3 is 0 Å². The van der Waals surface area contributed by atoms with Crippen LogP contribution in [0, 0.1) is 0 Å². The molecule has 0 saturated heterocycles. The molecule has 2 atom stereocenters. The van der Waals surface area contributed by atoms with Gasteiger partial charge in [-0.2, -0.15) is 0 Å². The third-order valence-electron chi connectivity index (χ3n) is 3.93. The molecule has 0 aromatic heterocycles. The van der Waals surface area contributed by atoms with Crippen LogP contribution in [0.2, 0.25) is 10.0 Å². The van der Waals surface area contributed by atoms with Gasteiger partial charge in [0, 0.05) is 21.7 Å². The Kier molecular flexibility index (Phi) is 4.51. The van der Waals surface area contributed by atoms with Crippen molar-refractivity contribution in [1.82, 2.24) is 0 Å². The normalized spacial score (nSPS) is 19.1. The number of fused-ring (bicyclic) bond motifs is 1. The van der Waals surface area contributed by atoms with Crippen molar-refractivity contribution in [2.24, 2.45) is 5.73 Å². The minimum Gasteiger partial charge on any atom is -0.373 e. The zero-order valence-electron chi connectivity index (χ0n) is 11.6. The Morgan fingerprint density at radius 1 is 1.10 bits per heavy atom.